The SMILES string of the molecule is O=c1cc(I)cnn1CC(F)(F)c1ccccc1. The van der Waals surface area contributed by atoms with Crippen molar-refractivity contribution in [3.05, 3.63) is 62.1 Å². The Hall–Kier alpha value is -1.31. The van der Waals surface area contributed by atoms with Gasteiger partial charge in [-0.05, 0) is 22.6 Å². The molecular formula is C12H9F2IN2O. The summed E-state index contributed by atoms with van der Waals surface area (Å²) in [4.78, 5) is 11.5. The maximum absolute atomic E-state index is 13.9. The van der Waals surface area contributed by atoms with Crippen LogP contribution in [0.1, 0.15) is 5.56 Å². The average Bonchev–Trinajstić information content (AvgIpc) is 2.34. The summed E-state index contributed by atoms with van der Waals surface area (Å²) in [6.45, 7) is -0.757. The van der Waals surface area contributed by atoms with Crippen LogP contribution in [0.3, 0.4) is 0 Å². The van der Waals surface area contributed by atoms with Crippen molar-refractivity contribution in [3.63, 3.8) is 0 Å². The van der Waals surface area contributed by atoms with E-state index in [9.17, 15) is 13.6 Å². The molecular weight excluding hydrogens is 353 g/mol. The smallest absolute Gasteiger partial charge is 0.268 e. The van der Waals surface area contributed by atoms with E-state index >= 15 is 0 Å². The molecule has 0 N–H and O–H groups in total. The second-order valence-corrected chi connectivity index (χ2v) is 4.99. The van der Waals surface area contributed by atoms with E-state index in [0.29, 0.717) is 3.57 Å². The fourth-order valence-corrected chi connectivity index (χ4v) is 1.88. The molecule has 2 rings (SSSR count). The van der Waals surface area contributed by atoms with Crippen molar-refractivity contribution >= 4 is 22.6 Å². The van der Waals surface area contributed by atoms with Crippen LogP contribution in [0.2, 0.25) is 0 Å². The molecule has 1 aromatic carbocycles. The Morgan fingerprint density at radius 1 is 1.28 bits per heavy atom. The molecule has 0 spiro atoms. The third kappa shape index (κ3) is 2.92. The second-order valence-electron chi connectivity index (χ2n) is 3.74. The maximum atomic E-state index is 13.9. The van der Waals surface area contributed by atoms with Crippen molar-refractivity contribution < 1.29 is 8.78 Å². The summed E-state index contributed by atoms with van der Waals surface area (Å²) in [5.74, 6) is -3.12. The van der Waals surface area contributed by atoms with E-state index < -0.39 is 18.0 Å². The third-order valence-corrected chi connectivity index (χ3v) is 2.97. The summed E-state index contributed by atoms with van der Waals surface area (Å²) in [7, 11) is 0. The topological polar surface area (TPSA) is 34.9 Å². The molecule has 0 fully saturated rings. The van der Waals surface area contributed by atoms with Crippen molar-refractivity contribution in [2.75, 3.05) is 0 Å². The van der Waals surface area contributed by atoms with Gasteiger partial charge >= 0.3 is 0 Å². The molecule has 0 radical (unpaired) electrons. The number of rotatable bonds is 3. The van der Waals surface area contributed by atoms with Gasteiger partial charge in [0.1, 0.15) is 6.54 Å². The van der Waals surface area contributed by atoms with Gasteiger partial charge in [0.2, 0.25) is 0 Å². The molecule has 0 atom stereocenters. The summed E-state index contributed by atoms with van der Waals surface area (Å²) < 4.78 is 29.2. The Bertz CT molecular complexity index is 599. The number of alkyl halides is 2. The first-order valence-corrected chi connectivity index (χ1v) is 6.23. The highest BCUT2D eigenvalue weighted by molar-refractivity contribution is 14.1. The van der Waals surface area contributed by atoms with E-state index in [-0.39, 0.29) is 5.56 Å². The Kier molecular flexibility index (Phi) is 3.74. The minimum absolute atomic E-state index is 0.128. The maximum Gasteiger partial charge on any atom is 0.292 e. The highest BCUT2D eigenvalue weighted by Gasteiger charge is 2.32. The molecule has 0 aliphatic carbocycles. The van der Waals surface area contributed by atoms with Gasteiger partial charge in [0.15, 0.2) is 0 Å². The Morgan fingerprint density at radius 2 is 1.94 bits per heavy atom. The lowest BCUT2D eigenvalue weighted by Gasteiger charge is -2.17. The van der Waals surface area contributed by atoms with Crippen LogP contribution in [0.5, 0.6) is 0 Å². The number of benzene rings is 1. The third-order valence-electron chi connectivity index (χ3n) is 2.38. The van der Waals surface area contributed by atoms with Gasteiger partial charge in [-0.25, -0.2) is 4.68 Å². The van der Waals surface area contributed by atoms with Crippen molar-refractivity contribution in [1.82, 2.24) is 9.78 Å². The van der Waals surface area contributed by atoms with Crippen LogP contribution < -0.4 is 5.56 Å². The zero-order valence-corrected chi connectivity index (χ0v) is 11.3. The number of hydrogen-bond acceptors (Lipinski definition) is 2. The fraction of sp³-hybridized carbons (Fsp3) is 0.167. The molecule has 0 amide bonds. The minimum Gasteiger partial charge on any atom is -0.268 e. The zero-order chi connectivity index (χ0) is 13.2. The molecule has 3 nitrogen and oxygen atoms in total. The summed E-state index contributed by atoms with van der Waals surface area (Å²) >= 11 is 1.91. The average molecular weight is 362 g/mol. The molecule has 0 saturated carbocycles. The first-order valence-electron chi connectivity index (χ1n) is 5.15. The molecule has 0 aliphatic heterocycles. The Morgan fingerprint density at radius 3 is 2.56 bits per heavy atom. The Balaban J connectivity index is 2.31. The number of halogens is 3. The molecule has 2 aromatic rings. The lowest BCUT2D eigenvalue weighted by Crippen LogP contribution is -2.31. The van der Waals surface area contributed by atoms with Crippen molar-refractivity contribution in [3.8, 4) is 0 Å². The van der Waals surface area contributed by atoms with Gasteiger partial charge in [-0.1, -0.05) is 30.3 Å². The largest absolute Gasteiger partial charge is 0.292 e. The summed E-state index contributed by atoms with van der Waals surface area (Å²) in [6, 6.07) is 8.67. The van der Waals surface area contributed by atoms with Crippen LogP contribution in [0.15, 0.2) is 47.4 Å². The normalized spacial score (nSPS) is 11.5. The highest BCUT2D eigenvalue weighted by atomic mass is 127. The van der Waals surface area contributed by atoms with Crippen LogP contribution in [0.4, 0.5) is 8.78 Å². The predicted molar refractivity (Wildman–Crippen MR) is 71.6 cm³/mol. The fourth-order valence-electron chi connectivity index (χ4n) is 1.49. The standard InChI is InChI=1S/C12H9F2IN2O/c13-12(14,9-4-2-1-3-5-9)8-17-11(18)6-10(15)7-16-17/h1-7H,8H2. The van der Waals surface area contributed by atoms with Crippen LogP contribution in [0.25, 0.3) is 0 Å². The van der Waals surface area contributed by atoms with Gasteiger partial charge in [-0.2, -0.15) is 13.9 Å². The molecule has 18 heavy (non-hydrogen) atoms. The van der Waals surface area contributed by atoms with Crippen LogP contribution >= 0.6 is 22.6 Å². The lowest BCUT2D eigenvalue weighted by atomic mass is 10.1. The molecule has 0 unspecified atom stereocenters. The lowest BCUT2D eigenvalue weighted by molar-refractivity contribution is -0.0267. The second kappa shape index (κ2) is 5.13. The van der Waals surface area contributed by atoms with E-state index in [1.807, 2.05) is 22.6 Å². The number of aromatic nitrogens is 2. The quantitative estimate of drug-likeness (QED) is 0.787. The molecule has 0 bridgehead atoms. The van der Waals surface area contributed by atoms with Crippen molar-refractivity contribution in [2.45, 2.75) is 12.5 Å². The molecule has 0 aliphatic rings. The minimum atomic E-state index is -3.12. The van der Waals surface area contributed by atoms with Crippen LogP contribution in [0, 0.1) is 3.57 Å². The van der Waals surface area contributed by atoms with Crippen molar-refractivity contribution in [2.24, 2.45) is 0 Å². The number of hydrogen-bond donors (Lipinski definition) is 0. The van der Waals surface area contributed by atoms with E-state index in [4.69, 9.17) is 0 Å². The van der Waals surface area contributed by atoms with E-state index in [0.717, 1.165) is 4.68 Å². The first kappa shape index (κ1) is 13.1. The van der Waals surface area contributed by atoms with Gasteiger partial charge in [0, 0.05) is 15.2 Å². The van der Waals surface area contributed by atoms with Gasteiger partial charge in [0.05, 0.1) is 6.20 Å². The van der Waals surface area contributed by atoms with Crippen molar-refractivity contribution in [1.29, 1.82) is 0 Å². The van der Waals surface area contributed by atoms with Crippen LogP contribution in [-0.4, -0.2) is 9.78 Å². The van der Waals surface area contributed by atoms with Gasteiger partial charge in [0.25, 0.3) is 11.5 Å². The van der Waals surface area contributed by atoms with Gasteiger partial charge < -0.3 is 0 Å². The first-order chi connectivity index (χ1) is 8.49. The summed E-state index contributed by atoms with van der Waals surface area (Å²) in [5, 5.41) is 3.71. The molecule has 6 heteroatoms. The van der Waals surface area contributed by atoms with E-state index in [2.05, 4.69) is 5.10 Å². The van der Waals surface area contributed by atoms with E-state index in [1.54, 1.807) is 6.07 Å². The molecule has 94 valence electrons. The molecule has 1 heterocycles. The molecule has 0 saturated heterocycles. The van der Waals surface area contributed by atoms with Gasteiger partial charge in [-0.3, -0.25) is 4.79 Å². The monoisotopic (exact) mass is 362 g/mol. The summed E-state index contributed by atoms with van der Waals surface area (Å²) in [6.07, 6.45) is 1.38. The predicted octanol–water partition coefficient (Wildman–Crippen LogP) is 2.64. The van der Waals surface area contributed by atoms with Crippen LogP contribution in [-0.2, 0) is 12.5 Å². The van der Waals surface area contributed by atoms with E-state index in [1.165, 1.54) is 36.5 Å². The highest BCUT2D eigenvalue weighted by Crippen LogP contribution is 2.28. The number of nitrogens with zero attached hydrogens (tertiary/aromatic N) is 2. The summed E-state index contributed by atoms with van der Waals surface area (Å²) in [5.41, 5.74) is -0.658. The molecule has 1 aromatic heterocycles. The zero-order valence-electron chi connectivity index (χ0n) is 9.19. The van der Waals surface area contributed by atoms with Gasteiger partial charge in [-0.15, -0.1) is 0 Å². The Labute approximate surface area is 116 Å².